The molecule has 3 nitrogen and oxygen atoms in total. The molecule has 0 aliphatic rings. The van der Waals surface area contributed by atoms with Gasteiger partial charge < -0.3 is 10.4 Å². The molecule has 124 valence electrons. The lowest BCUT2D eigenvalue weighted by molar-refractivity contribution is -0.121. The minimum Gasteiger partial charge on any atom is -0.386 e. The fourth-order valence-corrected chi connectivity index (χ4v) is 3.53. The molecule has 0 saturated heterocycles. The Balaban J connectivity index is 1.49. The lowest BCUT2D eigenvalue weighted by Gasteiger charge is -2.10. The first-order valence-electron chi connectivity index (χ1n) is 7.79. The third-order valence-corrected chi connectivity index (χ3v) is 5.04. The summed E-state index contributed by atoms with van der Waals surface area (Å²) in [4.78, 5) is 12.7. The number of halogens is 1. The standard InChI is InChI=1S/C19H18FNO2S/c20-15-8-5-13(6-9-15)7-10-19(23)21-12-16(22)18-11-14-3-1-2-4-17(14)24-18/h1-6,8-9,11,16,22H,7,10,12H2,(H,21,23). The van der Waals surface area contributed by atoms with Crippen LogP contribution in [0, 0.1) is 5.82 Å². The molecule has 0 spiro atoms. The first-order valence-corrected chi connectivity index (χ1v) is 8.61. The molecule has 1 aromatic heterocycles. The number of carbonyl (C=O) groups is 1. The maximum atomic E-state index is 12.8. The van der Waals surface area contributed by atoms with Crippen molar-refractivity contribution in [3.05, 3.63) is 70.9 Å². The van der Waals surface area contributed by atoms with E-state index in [4.69, 9.17) is 0 Å². The number of aliphatic hydroxyl groups excluding tert-OH is 1. The fraction of sp³-hybridized carbons (Fsp3) is 0.211. The lowest BCUT2D eigenvalue weighted by Crippen LogP contribution is -2.28. The Morgan fingerprint density at radius 2 is 1.92 bits per heavy atom. The average molecular weight is 343 g/mol. The number of amides is 1. The Bertz CT molecular complexity index is 796. The molecule has 2 aromatic carbocycles. The van der Waals surface area contributed by atoms with Crippen LogP contribution in [-0.4, -0.2) is 17.6 Å². The van der Waals surface area contributed by atoms with E-state index in [9.17, 15) is 14.3 Å². The van der Waals surface area contributed by atoms with Crippen LogP contribution in [0.25, 0.3) is 10.1 Å². The van der Waals surface area contributed by atoms with Gasteiger partial charge in [-0.3, -0.25) is 4.79 Å². The smallest absolute Gasteiger partial charge is 0.220 e. The van der Waals surface area contributed by atoms with Crippen molar-refractivity contribution < 1.29 is 14.3 Å². The van der Waals surface area contributed by atoms with E-state index in [2.05, 4.69) is 5.32 Å². The van der Waals surface area contributed by atoms with Crippen molar-refractivity contribution in [2.45, 2.75) is 18.9 Å². The predicted molar refractivity (Wildman–Crippen MR) is 94.5 cm³/mol. The second kappa shape index (κ2) is 7.55. The summed E-state index contributed by atoms with van der Waals surface area (Å²) in [5.41, 5.74) is 0.914. The molecule has 0 radical (unpaired) electrons. The highest BCUT2D eigenvalue weighted by molar-refractivity contribution is 7.19. The monoisotopic (exact) mass is 343 g/mol. The van der Waals surface area contributed by atoms with Gasteiger partial charge in [0, 0.05) is 22.5 Å². The van der Waals surface area contributed by atoms with Crippen molar-refractivity contribution in [2.24, 2.45) is 0 Å². The Kier molecular flexibility index (Phi) is 5.23. The molecule has 0 saturated carbocycles. The molecule has 1 atom stereocenters. The number of carbonyl (C=O) groups excluding carboxylic acids is 1. The molecule has 0 aliphatic carbocycles. The quantitative estimate of drug-likeness (QED) is 0.715. The van der Waals surface area contributed by atoms with Gasteiger partial charge in [0.1, 0.15) is 11.9 Å². The first kappa shape index (κ1) is 16.6. The van der Waals surface area contributed by atoms with Crippen LogP contribution in [0.15, 0.2) is 54.6 Å². The van der Waals surface area contributed by atoms with E-state index in [1.54, 1.807) is 12.1 Å². The second-order valence-corrected chi connectivity index (χ2v) is 6.75. The van der Waals surface area contributed by atoms with Crippen LogP contribution in [0.3, 0.4) is 0 Å². The maximum absolute atomic E-state index is 12.8. The summed E-state index contributed by atoms with van der Waals surface area (Å²) in [6.07, 6.45) is 0.146. The van der Waals surface area contributed by atoms with Gasteiger partial charge in [0.25, 0.3) is 0 Å². The number of thiophene rings is 1. The van der Waals surface area contributed by atoms with Gasteiger partial charge >= 0.3 is 0 Å². The second-order valence-electron chi connectivity index (χ2n) is 5.63. The molecule has 1 heterocycles. The number of benzene rings is 2. The van der Waals surface area contributed by atoms with Crippen molar-refractivity contribution in [2.75, 3.05) is 6.54 Å². The molecule has 2 N–H and O–H groups in total. The number of aliphatic hydroxyl groups is 1. The van der Waals surface area contributed by atoms with Gasteiger partial charge in [-0.15, -0.1) is 11.3 Å². The van der Waals surface area contributed by atoms with Gasteiger partial charge in [-0.25, -0.2) is 4.39 Å². The summed E-state index contributed by atoms with van der Waals surface area (Å²) in [5.74, 6) is -0.408. The van der Waals surface area contributed by atoms with Crippen molar-refractivity contribution in [3.63, 3.8) is 0 Å². The predicted octanol–water partition coefficient (Wildman–Crippen LogP) is 3.82. The number of hydrogen-bond donors (Lipinski definition) is 2. The minimum atomic E-state index is -0.711. The van der Waals surface area contributed by atoms with Gasteiger partial charge in [0.2, 0.25) is 5.91 Å². The van der Waals surface area contributed by atoms with E-state index < -0.39 is 6.10 Å². The highest BCUT2D eigenvalue weighted by atomic mass is 32.1. The molecule has 0 aliphatic heterocycles. The number of aryl methyl sites for hydroxylation is 1. The van der Waals surface area contributed by atoms with Crippen molar-refractivity contribution in [1.82, 2.24) is 5.32 Å². The van der Waals surface area contributed by atoms with Gasteiger partial charge in [0.05, 0.1) is 0 Å². The van der Waals surface area contributed by atoms with Crippen molar-refractivity contribution in [3.8, 4) is 0 Å². The fourth-order valence-electron chi connectivity index (χ4n) is 2.48. The molecule has 0 fully saturated rings. The van der Waals surface area contributed by atoms with Crippen LogP contribution in [-0.2, 0) is 11.2 Å². The number of hydrogen-bond acceptors (Lipinski definition) is 3. The molecule has 24 heavy (non-hydrogen) atoms. The van der Waals surface area contributed by atoms with Crippen LogP contribution in [0.5, 0.6) is 0 Å². The molecule has 3 aromatic rings. The molecule has 0 bridgehead atoms. The van der Waals surface area contributed by atoms with E-state index in [0.717, 1.165) is 20.5 Å². The largest absolute Gasteiger partial charge is 0.386 e. The van der Waals surface area contributed by atoms with Gasteiger partial charge in [-0.1, -0.05) is 30.3 Å². The highest BCUT2D eigenvalue weighted by Crippen LogP contribution is 2.29. The molecule has 1 amide bonds. The summed E-state index contributed by atoms with van der Waals surface area (Å²) in [6.45, 7) is 0.190. The van der Waals surface area contributed by atoms with Crippen molar-refractivity contribution >= 4 is 27.3 Å². The zero-order valence-corrected chi connectivity index (χ0v) is 13.9. The summed E-state index contributed by atoms with van der Waals surface area (Å²) in [5, 5.41) is 14.1. The Morgan fingerprint density at radius 3 is 2.67 bits per heavy atom. The van der Waals surface area contributed by atoms with Gasteiger partial charge in [-0.05, 0) is 41.6 Å². The molecule has 3 rings (SSSR count). The van der Waals surface area contributed by atoms with Crippen LogP contribution >= 0.6 is 11.3 Å². The zero-order chi connectivity index (χ0) is 16.9. The first-order chi connectivity index (χ1) is 11.6. The Labute approximate surface area is 143 Å². The highest BCUT2D eigenvalue weighted by Gasteiger charge is 2.12. The average Bonchev–Trinajstić information content (AvgIpc) is 3.03. The van der Waals surface area contributed by atoms with Crippen LogP contribution < -0.4 is 5.32 Å². The summed E-state index contributed by atoms with van der Waals surface area (Å²) in [6, 6.07) is 16.0. The Morgan fingerprint density at radius 1 is 1.17 bits per heavy atom. The van der Waals surface area contributed by atoms with Crippen LogP contribution in [0.2, 0.25) is 0 Å². The lowest BCUT2D eigenvalue weighted by atomic mass is 10.1. The van der Waals surface area contributed by atoms with Crippen LogP contribution in [0.4, 0.5) is 4.39 Å². The van der Waals surface area contributed by atoms with E-state index in [1.807, 2.05) is 30.3 Å². The summed E-state index contributed by atoms with van der Waals surface area (Å²) >= 11 is 1.53. The topological polar surface area (TPSA) is 49.3 Å². The molecular formula is C19H18FNO2S. The van der Waals surface area contributed by atoms with Crippen LogP contribution in [0.1, 0.15) is 23.0 Å². The van der Waals surface area contributed by atoms with E-state index in [1.165, 1.54) is 23.5 Å². The molecule has 1 unspecified atom stereocenters. The normalized spacial score (nSPS) is 12.2. The van der Waals surface area contributed by atoms with E-state index in [0.29, 0.717) is 12.8 Å². The van der Waals surface area contributed by atoms with Gasteiger partial charge in [0.15, 0.2) is 0 Å². The third kappa shape index (κ3) is 4.19. The zero-order valence-electron chi connectivity index (χ0n) is 13.0. The maximum Gasteiger partial charge on any atom is 0.220 e. The summed E-state index contributed by atoms with van der Waals surface area (Å²) < 4.78 is 13.9. The SMILES string of the molecule is O=C(CCc1ccc(F)cc1)NCC(O)c1cc2ccccc2s1. The van der Waals surface area contributed by atoms with E-state index in [-0.39, 0.29) is 18.3 Å². The number of rotatable bonds is 6. The Hall–Kier alpha value is -2.24. The molecular weight excluding hydrogens is 325 g/mol. The number of fused-ring (bicyclic) bond motifs is 1. The van der Waals surface area contributed by atoms with Crippen molar-refractivity contribution in [1.29, 1.82) is 0 Å². The van der Waals surface area contributed by atoms with E-state index >= 15 is 0 Å². The third-order valence-electron chi connectivity index (χ3n) is 3.82. The minimum absolute atomic E-state index is 0.125. The molecule has 5 heteroatoms. The van der Waals surface area contributed by atoms with Gasteiger partial charge in [-0.2, -0.15) is 0 Å². The summed E-state index contributed by atoms with van der Waals surface area (Å²) in [7, 11) is 0. The number of nitrogens with one attached hydrogen (secondary N) is 1.